The molecule has 3 aromatic heterocycles. The number of rotatable bonds is 8. The number of hydrogen-bond acceptors (Lipinski definition) is 7. The molecule has 0 spiro atoms. The summed E-state index contributed by atoms with van der Waals surface area (Å²) in [4.78, 5) is 34.2. The summed E-state index contributed by atoms with van der Waals surface area (Å²) in [6, 6.07) is 18.7. The molecule has 0 radical (unpaired) electrons. The van der Waals surface area contributed by atoms with E-state index in [0.717, 1.165) is 5.56 Å². The average molecular weight is 489 g/mol. The molecule has 9 nitrogen and oxygen atoms in total. The van der Waals surface area contributed by atoms with Gasteiger partial charge in [0.2, 0.25) is 5.88 Å². The highest BCUT2D eigenvalue weighted by molar-refractivity contribution is 6.30. The van der Waals surface area contributed by atoms with E-state index in [1.54, 1.807) is 42.5 Å². The monoisotopic (exact) mass is 488 g/mol. The number of hydrogen-bond donors (Lipinski definition) is 1. The maximum atomic E-state index is 13.2. The molecule has 4 rings (SSSR count). The lowest BCUT2D eigenvalue weighted by Crippen LogP contribution is -2.40. The van der Waals surface area contributed by atoms with Gasteiger partial charge in [0, 0.05) is 23.7 Å². The van der Waals surface area contributed by atoms with Crippen molar-refractivity contribution >= 4 is 23.2 Å². The molecule has 0 aliphatic carbocycles. The van der Waals surface area contributed by atoms with Gasteiger partial charge in [-0.1, -0.05) is 36.7 Å². The summed E-state index contributed by atoms with van der Waals surface area (Å²) in [7, 11) is 0. The summed E-state index contributed by atoms with van der Waals surface area (Å²) in [6.07, 6.45) is 2.13. The Kier molecular flexibility index (Phi) is 7.24. The second-order valence-electron chi connectivity index (χ2n) is 7.59. The zero-order valence-electron chi connectivity index (χ0n) is 18.8. The third kappa shape index (κ3) is 5.75. The number of ether oxygens (including phenoxy) is 1. The van der Waals surface area contributed by atoms with Gasteiger partial charge in [-0.2, -0.15) is 5.26 Å². The summed E-state index contributed by atoms with van der Waals surface area (Å²) in [5, 5.41) is 12.6. The Balaban J connectivity index is 1.62. The molecule has 0 fully saturated rings. The minimum atomic E-state index is -0.416. The number of anilines is 2. The quantitative estimate of drug-likeness (QED) is 0.392. The van der Waals surface area contributed by atoms with Crippen LogP contribution in [0, 0.1) is 11.3 Å². The molecule has 0 saturated heterocycles. The lowest BCUT2D eigenvalue weighted by molar-refractivity contribution is 0.460. The highest BCUT2D eigenvalue weighted by Crippen LogP contribution is 2.21. The van der Waals surface area contributed by atoms with Crippen LogP contribution in [0.2, 0.25) is 5.02 Å². The van der Waals surface area contributed by atoms with Gasteiger partial charge in [-0.25, -0.2) is 14.8 Å². The van der Waals surface area contributed by atoms with Crippen molar-refractivity contribution in [2.45, 2.75) is 26.4 Å². The van der Waals surface area contributed by atoms with Crippen LogP contribution in [0.5, 0.6) is 11.6 Å². The Labute approximate surface area is 205 Å². The van der Waals surface area contributed by atoms with Crippen LogP contribution in [-0.4, -0.2) is 19.1 Å². The van der Waals surface area contributed by atoms with E-state index in [2.05, 4.69) is 15.3 Å². The molecule has 4 aromatic rings. The first kappa shape index (κ1) is 23.7. The van der Waals surface area contributed by atoms with E-state index in [4.69, 9.17) is 21.6 Å². The fourth-order valence-electron chi connectivity index (χ4n) is 3.37. The van der Waals surface area contributed by atoms with Gasteiger partial charge < -0.3 is 10.1 Å². The largest absolute Gasteiger partial charge is 0.437 e. The van der Waals surface area contributed by atoms with Crippen molar-refractivity contribution in [2.75, 3.05) is 5.32 Å². The molecular weight excluding hydrogens is 468 g/mol. The van der Waals surface area contributed by atoms with Crippen LogP contribution in [0.1, 0.15) is 24.6 Å². The molecule has 0 bridgehead atoms. The summed E-state index contributed by atoms with van der Waals surface area (Å²) < 4.78 is 8.35. The maximum Gasteiger partial charge on any atom is 0.332 e. The lowest BCUT2D eigenvalue weighted by atomic mass is 10.2. The van der Waals surface area contributed by atoms with E-state index in [9.17, 15) is 9.59 Å². The second-order valence-corrected chi connectivity index (χ2v) is 8.03. The number of nitrogens with zero attached hydrogens (tertiary/aromatic N) is 5. The highest BCUT2D eigenvalue weighted by Gasteiger charge is 2.13. The van der Waals surface area contributed by atoms with Crippen molar-refractivity contribution in [3.63, 3.8) is 0 Å². The van der Waals surface area contributed by atoms with Gasteiger partial charge in [-0.05, 0) is 42.3 Å². The van der Waals surface area contributed by atoms with Gasteiger partial charge in [-0.3, -0.25) is 13.9 Å². The lowest BCUT2D eigenvalue weighted by Gasteiger charge is -2.16. The molecule has 1 N–H and O–H groups in total. The number of halogens is 1. The Morgan fingerprint density at radius 2 is 1.89 bits per heavy atom. The first-order chi connectivity index (χ1) is 17.0. The fourth-order valence-corrected chi connectivity index (χ4v) is 3.50. The molecule has 1 aromatic carbocycles. The molecule has 0 aliphatic heterocycles. The molecule has 35 heavy (non-hydrogen) atoms. The Morgan fingerprint density at radius 1 is 1.09 bits per heavy atom. The molecule has 0 unspecified atom stereocenters. The van der Waals surface area contributed by atoms with Crippen molar-refractivity contribution in [2.24, 2.45) is 0 Å². The van der Waals surface area contributed by atoms with Crippen LogP contribution in [0.15, 0.2) is 76.4 Å². The Bertz CT molecular complexity index is 1490. The maximum absolute atomic E-state index is 13.2. The van der Waals surface area contributed by atoms with E-state index in [1.807, 2.05) is 25.1 Å². The molecule has 0 saturated carbocycles. The average Bonchev–Trinajstić information content (AvgIpc) is 2.86. The third-order valence-electron chi connectivity index (χ3n) is 5.03. The minimum absolute atomic E-state index is 0.241. The summed E-state index contributed by atoms with van der Waals surface area (Å²) in [5.41, 5.74) is 0.283. The number of aromatic nitrogens is 4. The normalized spacial score (nSPS) is 10.5. The molecule has 0 aliphatic rings. The van der Waals surface area contributed by atoms with Crippen LogP contribution in [0.4, 0.5) is 11.6 Å². The van der Waals surface area contributed by atoms with Gasteiger partial charge in [0.05, 0.1) is 12.7 Å². The van der Waals surface area contributed by atoms with Crippen molar-refractivity contribution in [3.05, 3.63) is 104 Å². The summed E-state index contributed by atoms with van der Waals surface area (Å²) in [6.45, 7) is 2.47. The van der Waals surface area contributed by atoms with E-state index in [-0.39, 0.29) is 18.1 Å². The third-order valence-corrected chi connectivity index (χ3v) is 5.28. The van der Waals surface area contributed by atoms with Gasteiger partial charge >= 0.3 is 5.69 Å². The molecule has 10 heteroatoms. The van der Waals surface area contributed by atoms with E-state index in [1.165, 1.54) is 21.4 Å². The minimum Gasteiger partial charge on any atom is -0.437 e. The molecule has 0 atom stereocenters. The van der Waals surface area contributed by atoms with Crippen molar-refractivity contribution in [3.8, 4) is 17.7 Å². The predicted molar refractivity (Wildman–Crippen MR) is 132 cm³/mol. The van der Waals surface area contributed by atoms with Crippen LogP contribution in [0.3, 0.4) is 0 Å². The van der Waals surface area contributed by atoms with Crippen LogP contribution < -0.4 is 21.3 Å². The van der Waals surface area contributed by atoms with Crippen LogP contribution in [0.25, 0.3) is 0 Å². The topological polar surface area (TPSA) is 115 Å². The predicted octanol–water partition coefficient (Wildman–Crippen LogP) is 4.32. The van der Waals surface area contributed by atoms with Crippen LogP contribution >= 0.6 is 11.6 Å². The van der Waals surface area contributed by atoms with Gasteiger partial charge in [-0.15, -0.1) is 0 Å². The van der Waals surface area contributed by atoms with Gasteiger partial charge in [0.15, 0.2) is 0 Å². The smallest absolute Gasteiger partial charge is 0.332 e. The second kappa shape index (κ2) is 10.7. The zero-order valence-corrected chi connectivity index (χ0v) is 19.6. The fraction of sp³-hybridized carbons (Fsp3) is 0.160. The summed E-state index contributed by atoms with van der Waals surface area (Å²) in [5.74, 6) is 1.40. The molecule has 0 amide bonds. The zero-order chi connectivity index (χ0) is 24.8. The number of pyridine rings is 2. The van der Waals surface area contributed by atoms with Crippen LogP contribution in [-0.2, 0) is 13.1 Å². The highest BCUT2D eigenvalue weighted by atomic mass is 35.5. The van der Waals surface area contributed by atoms with Crippen molar-refractivity contribution in [1.29, 1.82) is 5.26 Å². The van der Waals surface area contributed by atoms with E-state index in [0.29, 0.717) is 35.4 Å². The number of nitriles is 1. The first-order valence-corrected chi connectivity index (χ1v) is 11.2. The first-order valence-electron chi connectivity index (χ1n) is 10.8. The molecule has 176 valence electrons. The number of benzene rings is 1. The molecular formula is C25H21ClN6O3. The molecule has 3 heterocycles. The van der Waals surface area contributed by atoms with Gasteiger partial charge in [0.25, 0.3) is 5.56 Å². The van der Waals surface area contributed by atoms with Gasteiger partial charge in [0.1, 0.15) is 29.1 Å². The van der Waals surface area contributed by atoms with E-state index < -0.39 is 11.2 Å². The van der Waals surface area contributed by atoms with Crippen molar-refractivity contribution < 1.29 is 4.74 Å². The standard InChI is InChI=1S/C25H21ClN6O3/c1-2-12-31-24(33)13-22(32(25(31)34)16-17-6-8-18(26)9-7-17)30-21-11-10-20(15-28-21)35-23-5-3-4-19(14-27)29-23/h3-11,13,15H,2,12,16H2,1H3,(H,28,30). The Hall–Kier alpha value is -4.42. The number of nitrogens with one attached hydrogen (secondary N) is 1. The Morgan fingerprint density at radius 3 is 2.57 bits per heavy atom. The summed E-state index contributed by atoms with van der Waals surface area (Å²) >= 11 is 5.99. The van der Waals surface area contributed by atoms with Crippen molar-refractivity contribution in [1.82, 2.24) is 19.1 Å². The van der Waals surface area contributed by atoms with E-state index >= 15 is 0 Å². The SMILES string of the molecule is CCCn1c(=O)cc(Nc2ccc(Oc3cccc(C#N)n3)cn2)n(Cc2ccc(Cl)cc2)c1=O.